The molecule has 86 valence electrons. The van der Waals surface area contributed by atoms with Gasteiger partial charge >= 0.3 is 5.97 Å². The first-order valence-electron chi connectivity index (χ1n) is 5.77. The lowest BCUT2D eigenvalue weighted by molar-refractivity contribution is -0.140. The van der Waals surface area contributed by atoms with Crippen molar-refractivity contribution in [1.29, 1.82) is 0 Å². The number of carboxylic acid groups (broad SMARTS) is 1. The maximum Gasteiger partial charge on any atom is 0.308 e. The first-order chi connectivity index (χ1) is 7.74. The molecule has 1 saturated heterocycles. The van der Waals surface area contributed by atoms with E-state index in [0.717, 1.165) is 18.8 Å². The van der Waals surface area contributed by atoms with Crippen molar-refractivity contribution < 1.29 is 9.90 Å². The van der Waals surface area contributed by atoms with Gasteiger partial charge in [0.25, 0.3) is 0 Å². The highest BCUT2D eigenvalue weighted by molar-refractivity contribution is 5.71. The number of aromatic amines is 1. The molecule has 0 amide bonds. The van der Waals surface area contributed by atoms with Crippen LogP contribution in [0.5, 0.6) is 0 Å². The molecular weight excluding hydrogens is 206 g/mol. The van der Waals surface area contributed by atoms with E-state index in [0.29, 0.717) is 12.5 Å². The van der Waals surface area contributed by atoms with E-state index in [1.807, 2.05) is 0 Å². The maximum atomic E-state index is 10.8. The fourth-order valence-electron chi connectivity index (χ4n) is 2.26. The SMILES string of the molecule is O=C(O)[C@@H]1CCN(c2cc(C3CC3)[nH]n2)C1. The number of nitrogens with one attached hydrogen (secondary N) is 1. The summed E-state index contributed by atoms with van der Waals surface area (Å²) in [4.78, 5) is 12.9. The molecule has 0 bridgehead atoms. The molecule has 16 heavy (non-hydrogen) atoms. The molecule has 1 saturated carbocycles. The van der Waals surface area contributed by atoms with E-state index in [-0.39, 0.29) is 5.92 Å². The van der Waals surface area contributed by atoms with Gasteiger partial charge in [0.1, 0.15) is 0 Å². The van der Waals surface area contributed by atoms with Crippen LogP contribution in [0.1, 0.15) is 30.9 Å². The van der Waals surface area contributed by atoms with Gasteiger partial charge in [-0.25, -0.2) is 0 Å². The van der Waals surface area contributed by atoms with Gasteiger partial charge in [0.2, 0.25) is 0 Å². The number of hydrogen-bond acceptors (Lipinski definition) is 3. The minimum absolute atomic E-state index is 0.235. The molecule has 2 aliphatic rings. The third-order valence-electron chi connectivity index (χ3n) is 3.46. The zero-order valence-electron chi connectivity index (χ0n) is 9.02. The lowest BCUT2D eigenvalue weighted by atomic mass is 10.1. The number of anilines is 1. The topological polar surface area (TPSA) is 69.2 Å². The number of nitrogens with zero attached hydrogens (tertiary/aromatic N) is 2. The number of aliphatic carboxylic acids is 1. The van der Waals surface area contributed by atoms with Gasteiger partial charge in [0, 0.05) is 30.8 Å². The molecule has 0 radical (unpaired) electrons. The summed E-state index contributed by atoms with van der Waals surface area (Å²) in [6, 6.07) is 2.07. The van der Waals surface area contributed by atoms with Crippen molar-refractivity contribution in [2.75, 3.05) is 18.0 Å². The van der Waals surface area contributed by atoms with E-state index < -0.39 is 5.97 Å². The van der Waals surface area contributed by atoms with E-state index in [2.05, 4.69) is 21.2 Å². The molecule has 2 N–H and O–H groups in total. The highest BCUT2D eigenvalue weighted by Gasteiger charge is 2.31. The number of hydrogen-bond donors (Lipinski definition) is 2. The van der Waals surface area contributed by atoms with Crippen LogP contribution in [0.3, 0.4) is 0 Å². The Morgan fingerprint density at radius 3 is 2.94 bits per heavy atom. The van der Waals surface area contributed by atoms with Gasteiger partial charge in [0.05, 0.1) is 5.92 Å². The van der Waals surface area contributed by atoms with Crippen LogP contribution in [0.15, 0.2) is 6.07 Å². The predicted molar refractivity (Wildman–Crippen MR) is 58.5 cm³/mol. The average molecular weight is 221 g/mol. The number of H-pyrrole nitrogens is 1. The molecule has 0 spiro atoms. The fraction of sp³-hybridized carbons (Fsp3) is 0.636. The van der Waals surface area contributed by atoms with Gasteiger partial charge in [-0.05, 0) is 19.3 Å². The number of rotatable bonds is 3. The molecule has 1 aromatic heterocycles. The van der Waals surface area contributed by atoms with E-state index in [1.165, 1.54) is 18.5 Å². The lowest BCUT2D eigenvalue weighted by Gasteiger charge is -2.13. The third-order valence-corrected chi connectivity index (χ3v) is 3.46. The number of carboxylic acids is 1. The summed E-state index contributed by atoms with van der Waals surface area (Å²) >= 11 is 0. The van der Waals surface area contributed by atoms with Gasteiger partial charge in [-0.1, -0.05) is 0 Å². The Hall–Kier alpha value is -1.52. The maximum absolute atomic E-state index is 10.8. The monoisotopic (exact) mass is 221 g/mol. The summed E-state index contributed by atoms with van der Waals surface area (Å²) in [6.07, 6.45) is 3.22. The Morgan fingerprint density at radius 2 is 2.31 bits per heavy atom. The van der Waals surface area contributed by atoms with Crippen molar-refractivity contribution in [2.24, 2.45) is 5.92 Å². The Kier molecular flexibility index (Phi) is 2.12. The summed E-state index contributed by atoms with van der Waals surface area (Å²) in [5.74, 6) is 0.645. The standard InChI is InChI=1S/C11H15N3O2/c15-11(16)8-3-4-14(6-8)10-5-9(12-13-10)7-1-2-7/h5,7-8H,1-4,6H2,(H,12,13)(H,15,16)/t8-/m1/s1. The second kappa shape index (κ2) is 3.50. The van der Waals surface area contributed by atoms with Gasteiger partial charge in [-0.15, -0.1) is 0 Å². The molecule has 0 aromatic carbocycles. The lowest BCUT2D eigenvalue weighted by Crippen LogP contribution is -2.22. The molecule has 1 aromatic rings. The summed E-state index contributed by atoms with van der Waals surface area (Å²) < 4.78 is 0. The van der Waals surface area contributed by atoms with Crippen molar-refractivity contribution in [2.45, 2.75) is 25.2 Å². The smallest absolute Gasteiger partial charge is 0.308 e. The normalized spacial score (nSPS) is 25.0. The predicted octanol–water partition coefficient (Wildman–Crippen LogP) is 1.20. The van der Waals surface area contributed by atoms with Crippen LogP contribution in [0.25, 0.3) is 0 Å². The van der Waals surface area contributed by atoms with Crippen molar-refractivity contribution in [1.82, 2.24) is 10.2 Å². The molecule has 0 unspecified atom stereocenters. The molecule has 3 rings (SSSR count). The van der Waals surface area contributed by atoms with E-state index in [9.17, 15) is 4.79 Å². The Bertz CT molecular complexity index is 411. The molecule has 2 heterocycles. The first-order valence-corrected chi connectivity index (χ1v) is 5.77. The molecular formula is C11H15N3O2. The van der Waals surface area contributed by atoms with E-state index in [4.69, 9.17) is 5.11 Å². The number of aromatic nitrogens is 2. The Labute approximate surface area is 93.5 Å². The van der Waals surface area contributed by atoms with E-state index in [1.54, 1.807) is 0 Å². The van der Waals surface area contributed by atoms with Gasteiger partial charge < -0.3 is 10.0 Å². The summed E-state index contributed by atoms with van der Waals surface area (Å²) in [5, 5.41) is 16.2. The van der Waals surface area contributed by atoms with Crippen LogP contribution in [-0.2, 0) is 4.79 Å². The largest absolute Gasteiger partial charge is 0.481 e. The van der Waals surface area contributed by atoms with Crippen LogP contribution in [0, 0.1) is 5.92 Å². The minimum atomic E-state index is -0.694. The Balaban J connectivity index is 1.70. The van der Waals surface area contributed by atoms with Crippen LogP contribution < -0.4 is 4.90 Å². The molecule has 5 nitrogen and oxygen atoms in total. The minimum Gasteiger partial charge on any atom is -0.481 e. The third kappa shape index (κ3) is 1.66. The number of carbonyl (C=O) groups is 1. The summed E-state index contributed by atoms with van der Waals surface area (Å²) in [6.45, 7) is 1.39. The zero-order valence-corrected chi connectivity index (χ0v) is 9.02. The highest BCUT2D eigenvalue weighted by Crippen LogP contribution is 2.40. The van der Waals surface area contributed by atoms with Gasteiger partial charge in [-0.3, -0.25) is 9.89 Å². The second-order valence-corrected chi connectivity index (χ2v) is 4.73. The average Bonchev–Trinajstić information content (AvgIpc) is 2.83. The van der Waals surface area contributed by atoms with Crippen molar-refractivity contribution >= 4 is 11.8 Å². The van der Waals surface area contributed by atoms with E-state index >= 15 is 0 Å². The van der Waals surface area contributed by atoms with Crippen molar-refractivity contribution in [3.63, 3.8) is 0 Å². The summed E-state index contributed by atoms with van der Waals surface area (Å²) in [7, 11) is 0. The molecule has 1 atom stereocenters. The fourth-order valence-corrected chi connectivity index (χ4v) is 2.26. The highest BCUT2D eigenvalue weighted by atomic mass is 16.4. The molecule has 2 fully saturated rings. The zero-order chi connectivity index (χ0) is 11.1. The van der Waals surface area contributed by atoms with Gasteiger partial charge in [-0.2, -0.15) is 5.10 Å². The second-order valence-electron chi connectivity index (χ2n) is 4.73. The van der Waals surface area contributed by atoms with Gasteiger partial charge in [0.15, 0.2) is 5.82 Å². The quantitative estimate of drug-likeness (QED) is 0.804. The first kappa shape index (κ1) is 9.69. The van der Waals surface area contributed by atoms with Crippen molar-refractivity contribution in [3.05, 3.63) is 11.8 Å². The Morgan fingerprint density at radius 1 is 1.50 bits per heavy atom. The van der Waals surface area contributed by atoms with Crippen LogP contribution >= 0.6 is 0 Å². The van der Waals surface area contributed by atoms with Crippen LogP contribution in [-0.4, -0.2) is 34.4 Å². The van der Waals surface area contributed by atoms with Crippen molar-refractivity contribution in [3.8, 4) is 0 Å². The molecule has 5 heteroatoms. The molecule has 1 aliphatic heterocycles. The summed E-state index contributed by atoms with van der Waals surface area (Å²) in [5.41, 5.74) is 1.20. The molecule has 1 aliphatic carbocycles. The van der Waals surface area contributed by atoms with Crippen LogP contribution in [0.2, 0.25) is 0 Å². The van der Waals surface area contributed by atoms with Crippen LogP contribution in [0.4, 0.5) is 5.82 Å².